The molecule has 0 amide bonds. The minimum absolute atomic E-state index is 0.00895. The number of thiazole rings is 1. The summed E-state index contributed by atoms with van der Waals surface area (Å²) in [6.07, 6.45) is 2.29. The predicted molar refractivity (Wildman–Crippen MR) is 297 cm³/mol. The smallest absolute Gasteiger partial charge is 0.333 e. The highest BCUT2D eigenvalue weighted by atomic mass is 32.1. The number of nitrogens with zero attached hydrogens (tertiary/aromatic N) is 3. The Hall–Kier alpha value is -6.89. The van der Waals surface area contributed by atoms with Crippen molar-refractivity contribution >= 4 is 94.4 Å². The van der Waals surface area contributed by atoms with Gasteiger partial charge >= 0.3 is 6.85 Å². The van der Waals surface area contributed by atoms with E-state index in [4.69, 9.17) is 9.40 Å². The quantitative estimate of drug-likeness (QED) is 0.162. The van der Waals surface area contributed by atoms with Crippen molar-refractivity contribution in [3.8, 4) is 38.5 Å². The van der Waals surface area contributed by atoms with Crippen LogP contribution in [0.3, 0.4) is 0 Å². The molecular weight excluding hydrogens is 870 g/mol. The Morgan fingerprint density at radius 2 is 1.34 bits per heavy atom. The molecular formula is C64H54BN3OS. The Morgan fingerprint density at radius 1 is 0.629 bits per heavy atom. The van der Waals surface area contributed by atoms with Crippen molar-refractivity contribution in [1.82, 2.24) is 9.55 Å². The molecule has 0 fully saturated rings. The molecule has 6 heteroatoms. The maximum atomic E-state index is 7.38. The molecule has 0 N–H and O–H groups in total. The third-order valence-corrected chi connectivity index (χ3v) is 18.5. The van der Waals surface area contributed by atoms with Gasteiger partial charge in [0.2, 0.25) is 0 Å². The van der Waals surface area contributed by atoms with E-state index >= 15 is 0 Å². The molecule has 4 nitrogen and oxygen atoms in total. The first-order valence-corrected chi connectivity index (χ1v) is 26.1. The van der Waals surface area contributed by atoms with E-state index in [1.165, 1.54) is 110 Å². The summed E-state index contributed by atoms with van der Waals surface area (Å²) in [5.74, 6) is 0. The van der Waals surface area contributed by atoms with Gasteiger partial charge in [-0.25, -0.2) is 4.98 Å². The molecule has 8 aromatic carbocycles. The lowest BCUT2D eigenvalue weighted by atomic mass is 9.43. The summed E-state index contributed by atoms with van der Waals surface area (Å²) in [7, 11) is 0. The zero-order chi connectivity index (χ0) is 47.5. The number of hydrogen-bond acceptors (Lipinski definition) is 4. The Bertz CT molecular complexity index is 4140. The number of furan rings is 1. The Morgan fingerprint density at radius 3 is 2.11 bits per heavy atom. The second-order valence-corrected chi connectivity index (χ2v) is 24.8. The number of hydrogen-bond donors (Lipinski definition) is 0. The normalized spacial score (nSPS) is 16.8. The largest absolute Gasteiger partial charge is 0.455 e. The highest BCUT2D eigenvalue weighted by Gasteiger charge is 2.49. The lowest BCUT2D eigenvalue weighted by molar-refractivity contribution is 0.332. The van der Waals surface area contributed by atoms with Crippen LogP contribution in [0.25, 0.3) is 92.5 Å². The van der Waals surface area contributed by atoms with Crippen molar-refractivity contribution in [2.24, 2.45) is 0 Å². The van der Waals surface area contributed by atoms with E-state index in [9.17, 15) is 0 Å². The maximum absolute atomic E-state index is 7.38. The second kappa shape index (κ2) is 13.3. The predicted octanol–water partition coefficient (Wildman–Crippen LogP) is 16.2. The standard InChI is InChI=1S/C64H54BN3OS/c1-61(2,3)36-23-25-37(26-24-36)68-50-31-44-40(38-19-13-15-21-43(38)64(44,8)9)29-41(50)54-55-39-20-14-16-22-52(39)69-59(55)56-42-30-45-46(63(6,7)28-27-62(45,4)5)32-49(42)67-51-34-53-48(33-47(51)65(68)57(54)58(56)67)66-60(70-53)35-17-11-10-12-18-35/h10-26,29-34H,27-28H2,1-9H3. The molecule has 15 rings (SSSR count). The van der Waals surface area contributed by atoms with Crippen LogP contribution in [-0.4, -0.2) is 16.4 Å². The van der Waals surface area contributed by atoms with Gasteiger partial charge in [0.1, 0.15) is 16.2 Å². The highest BCUT2D eigenvalue weighted by molar-refractivity contribution is 7.21. The van der Waals surface area contributed by atoms with Gasteiger partial charge in [-0.05, 0) is 139 Å². The molecule has 0 radical (unpaired) electrons. The van der Waals surface area contributed by atoms with Gasteiger partial charge in [-0.3, -0.25) is 0 Å². The number of para-hydroxylation sites is 1. The van der Waals surface area contributed by atoms with E-state index in [2.05, 4.69) is 211 Å². The molecule has 11 aromatic rings. The second-order valence-electron chi connectivity index (χ2n) is 23.8. The van der Waals surface area contributed by atoms with Crippen LogP contribution >= 0.6 is 11.3 Å². The number of anilines is 2. The third kappa shape index (κ3) is 5.20. The van der Waals surface area contributed by atoms with Crippen molar-refractivity contribution in [3.05, 3.63) is 167 Å². The first-order valence-electron chi connectivity index (χ1n) is 25.3. The summed E-state index contributed by atoms with van der Waals surface area (Å²) in [5, 5.41) is 5.89. The van der Waals surface area contributed by atoms with Gasteiger partial charge in [0, 0.05) is 49.8 Å². The van der Waals surface area contributed by atoms with Gasteiger partial charge in [-0.2, -0.15) is 0 Å². The molecule has 2 aliphatic carbocycles. The Kier molecular flexibility index (Phi) is 7.78. The number of benzene rings is 8. The van der Waals surface area contributed by atoms with Crippen LogP contribution in [0.15, 0.2) is 144 Å². The molecule has 0 atom stereocenters. The van der Waals surface area contributed by atoms with Gasteiger partial charge in [0.15, 0.2) is 0 Å². The van der Waals surface area contributed by atoms with Crippen LogP contribution < -0.4 is 15.7 Å². The zero-order valence-corrected chi connectivity index (χ0v) is 42.2. The summed E-state index contributed by atoms with van der Waals surface area (Å²) in [6.45, 7) is 21.4. The average Bonchev–Trinajstić information content (AvgIpc) is 4.10. The highest BCUT2D eigenvalue weighted by Crippen LogP contribution is 2.58. The molecule has 0 saturated heterocycles. The Labute approximate surface area is 413 Å². The SMILES string of the molecule is CC(C)(C)c1ccc(N2B3c4cc5nc(-c6ccccc6)sc5cc4-n4c5cc6c(cc5c5c7oc8ccccc8c7c(c3c54)-c3cc4c(cc32)C(C)(C)c2ccccc2-4)C(C)(C)CCC6(C)C)cc1. The van der Waals surface area contributed by atoms with E-state index in [1.807, 2.05) is 0 Å². The summed E-state index contributed by atoms with van der Waals surface area (Å²) in [6, 6.07) is 53.3. The lowest BCUT2D eigenvalue weighted by Crippen LogP contribution is -2.60. The van der Waals surface area contributed by atoms with Gasteiger partial charge < -0.3 is 13.8 Å². The van der Waals surface area contributed by atoms with Gasteiger partial charge in [-0.1, -0.05) is 147 Å². The molecule has 0 saturated carbocycles. The summed E-state index contributed by atoms with van der Waals surface area (Å²) >= 11 is 1.80. The molecule has 0 spiro atoms. The number of fused-ring (bicyclic) bond motifs is 18. The van der Waals surface area contributed by atoms with Crippen LogP contribution in [0.4, 0.5) is 11.4 Å². The molecule has 70 heavy (non-hydrogen) atoms. The van der Waals surface area contributed by atoms with E-state index in [0.717, 1.165) is 45.5 Å². The third-order valence-electron chi connectivity index (χ3n) is 17.4. The van der Waals surface area contributed by atoms with Crippen molar-refractivity contribution in [1.29, 1.82) is 0 Å². The van der Waals surface area contributed by atoms with Crippen molar-refractivity contribution in [2.75, 3.05) is 4.81 Å². The summed E-state index contributed by atoms with van der Waals surface area (Å²) in [4.78, 5) is 8.19. The molecule has 5 heterocycles. The molecule has 340 valence electrons. The maximum Gasteiger partial charge on any atom is 0.333 e. The van der Waals surface area contributed by atoms with Crippen LogP contribution in [0.5, 0.6) is 0 Å². The van der Waals surface area contributed by atoms with E-state index in [-0.39, 0.29) is 28.5 Å². The van der Waals surface area contributed by atoms with E-state index in [0.29, 0.717) is 0 Å². The minimum Gasteiger partial charge on any atom is -0.455 e. The van der Waals surface area contributed by atoms with Crippen LogP contribution in [-0.2, 0) is 21.7 Å². The van der Waals surface area contributed by atoms with Crippen LogP contribution in [0.1, 0.15) is 103 Å². The monoisotopic (exact) mass is 923 g/mol. The minimum atomic E-state index is -0.192. The fourth-order valence-electron chi connectivity index (χ4n) is 13.6. The van der Waals surface area contributed by atoms with Crippen LogP contribution in [0.2, 0.25) is 0 Å². The van der Waals surface area contributed by atoms with Gasteiger partial charge in [0.25, 0.3) is 0 Å². The first kappa shape index (κ1) is 40.9. The van der Waals surface area contributed by atoms with Crippen molar-refractivity contribution in [2.45, 2.75) is 96.8 Å². The Balaban J connectivity index is 1.17. The fraction of sp³-hybridized carbons (Fsp3) is 0.234. The zero-order valence-electron chi connectivity index (χ0n) is 41.4. The first-order chi connectivity index (χ1) is 33.6. The number of aromatic nitrogens is 2. The lowest BCUT2D eigenvalue weighted by Gasteiger charge is -2.43. The van der Waals surface area contributed by atoms with E-state index < -0.39 is 0 Å². The van der Waals surface area contributed by atoms with Crippen molar-refractivity contribution in [3.63, 3.8) is 0 Å². The molecule has 3 aromatic heterocycles. The molecule has 0 bridgehead atoms. The summed E-state index contributed by atoms with van der Waals surface area (Å²) < 4.78 is 11.2. The van der Waals surface area contributed by atoms with Crippen molar-refractivity contribution < 1.29 is 4.42 Å². The number of rotatable bonds is 2. The van der Waals surface area contributed by atoms with Gasteiger partial charge in [-0.15, -0.1) is 11.3 Å². The summed E-state index contributed by atoms with van der Waals surface area (Å²) in [5.41, 5.74) is 24.9. The molecule has 0 unspecified atom stereocenters. The van der Waals surface area contributed by atoms with E-state index in [1.54, 1.807) is 11.3 Å². The van der Waals surface area contributed by atoms with Gasteiger partial charge in [0.05, 0.1) is 26.6 Å². The van der Waals surface area contributed by atoms with Crippen LogP contribution in [0, 0.1) is 0 Å². The average molecular weight is 924 g/mol. The molecule has 4 aliphatic rings. The topological polar surface area (TPSA) is 34.2 Å². The fourth-order valence-corrected chi connectivity index (χ4v) is 14.5. The molecule has 2 aliphatic heterocycles.